The van der Waals surface area contributed by atoms with Crippen LogP contribution in [0.2, 0.25) is 0 Å². The third kappa shape index (κ3) is 3.08. The van der Waals surface area contributed by atoms with Gasteiger partial charge in [-0.25, -0.2) is 4.39 Å². The number of fused-ring (bicyclic) bond motifs is 1. The van der Waals surface area contributed by atoms with E-state index in [-0.39, 0.29) is 11.3 Å². The first-order chi connectivity index (χ1) is 15.5. The Morgan fingerprint density at radius 1 is 0.938 bits per heavy atom. The van der Waals surface area contributed by atoms with Crippen molar-refractivity contribution >= 4 is 33.9 Å². The predicted octanol–water partition coefficient (Wildman–Crippen LogP) is 5.51. The SMILES string of the molecule is Cc1ccc(C2/C(=C(/O)c3cccc4ccccc34)C(=O)C(=O)N2c2ccc(F)cc2)o1. The van der Waals surface area contributed by atoms with Gasteiger partial charge in [0.1, 0.15) is 29.1 Å². The minimum atomic E-state index is -0.992. The predicted molar refractivity (Wildman–Crippen MR) is 119 cm³/mol. The second-order valence-corrected chi connectivity index (χ2v) is 7.62. The molecule has 0 aliphatic carbocycles. The van der Waals surface area contributed by atoms with Gasteiger partial charge in [-0.1, -0.05) is 42.5 Å². The Labute approximate surface area is 183 Å². The minimum absolute atomic E-state index is 0.0787. The van der Waals surface area contributed by atoms with Gasteiger partial charge in [0.15, 0.2) is 0 Å². The summed E-state index contributed by atoms with van der Waals surface area (Å²) in [7, 11) is 0. The number of furan rings is 1. The van der Waals surface area contributed by atoms with Crippen molar-refractivity contribution < 1.29 is 23.5 Å². The van der Waals surface area contributed by atoms with Crippen LogP contribution in [-0.2, 0) is 9.59 Å². The average Bonchev–Trinajstić information content (AvgIpc) is 3.34. The van der Waals surface area contributed by atoms with E-state index in [9.17, 15) is 19.1 Å². The Morgan fingerprint density at radius 3 is 2.38 bits per heavy atom. The number of hydrogen-bond acceptors (Lipinski definition) is 4. The van der Waals surface area contributed by atoms with Crippen molar-refractivity contribution in [2.24, 2.45) is 0 Å². The molecule has 1 fully saturated rings. The van der Waals surface area contributed by atoms with E-state index >= 15 is 0 Å². The summed E-state index contributed by atoms with van der Waals surface area (Å²) in [5, 5.41) is 13.0. The normalized spacial score (nSPS) is 17.9. The van der Waals surface area contributed by atoms with Gasteiger partial charge in [0.05, 0.1) is 5.57 Å². The first-order valence-electron chi connectivity index (χ1n) is 10.1. The van der Waals surface area contributed by atoms with Gasteiger partial charge in [0.25, 0.3) is 11.7 Å². The maximum Gasteiger partial charge on any atom is 0.300 e. The molecule has 2 heterocycles. The van der Waals surface area contributed by atoms with Crippen LogP contribution in [0.5, 0.6) is 0 Å². The molecule has 0 saturated carbocycles. The van der Waals surface area contributed by atoms with E-state index in [1.165, 1.54) is 29.2 Å². The summed E-state index contributed by atoms with van der Waals surface area (Å²) in [6.45, 7) is 1.75. The van der Waals surface area contributed by atoms with Gasteiger partial charge in [-0.05, 0) is 54.1 Å². The second-order valence-electron chi connectivity index (χ2n) is 7.62. The smallest absolute Gasteiger partial charge is 0.300 e. The molecule has 1 unspecified atom stereocenters. The van der Waals surface area contributed by atoms with Crippen molar-refractivity contribution in [1.82, 2.24) is 0 Å². The number of benzene rings is 3. The number of aliphatic hydroxyl groups excluding tert-OH is 1. The Hall–Kier alpha value is -4.19. The van der Waals surface area contributed by atoms with E-state index in [4.69, 9.17) is 4.42 Å². The fourth-order valence-corrected chi connectivity index (χ4v) is 4.15. The van der Waals surface area contributed by atoms with Crippen LogP contribution in [0.3, 0.4) is 0 Å². The highest BCUT2D eigenvalue weighted by molar-refractivity contribution is 6.51. The molecular weight excluding hydrogens is 409 g/mol. The molecule has 1 N–H and O–H groups in total. The van der Waals surface area contributed by atoms with Crippen LogP contribution in [0.15, 0.2) is 88.9 Å². The molecule has 1 aliphatic rings. The Balaban J connectivity index is 1.76. The van der Waals surface area contributed by atoms with Gasteiger partial charge in [0, 0.05) is 11.3 Å². The maximum absolute atomic E-state index is 13.5. The van der Waals surface area contributed by atoms with Crippen LogP contribution in [0.4, 0.5) is 10.1 Å². The molecule has 1 saturated heterocycles. The first-order valence-corrected chi connectivity index (χ1v) is 10.1. The summed E-state index contributed by atoms with van der Waals surface area (Å²) in [5.41, 5.74) is 0.683. The summed E-state index contributed by atoms with van der Waals surface area (Å²) in [4.78, 5) is 27.5. The second kappa shape index (κ2) is 7.50. The van der Waals surface area contributed by atoms with Crippen LogP contribution < -0.4 is 4.90 Å². The number of amides is 1. The largest absolute Gasteiger partial charge is 0.507 e. The molecule has 3 aromatic carbocycles. The van der Waals surface area contributed by atoms with E-state index in [2.05, 4.69) is 0 Å². The molecule has 5 nitrogen and oxygen atoms in total. The van der Waals surface area contributed by atoms with Gasteiger partial charge in [0.2, 0.25) is 0 Å². The molecule has 4 aromatic rings. The molecule has 1 aromatic heterocycles. The van der Waals surface area contributed by atoms with E-state index in [0.717, 1.165) is 10.8 Å². The highest BCUT2D eigenvalue weighted by atomic mass is 19.1. The standard InChI is InChI=1S/C26H18FNO4/c1-15-9-14-21(32-15)23-22(24(29)20-8-4-6-16-5-2-3-7-19(16)20)25(30)26(31)28(23)18-12-10-17(27)11-13-18/h2-14,23,29H,1H3/b24-22-. The number of anilines is 1. The van der Waals surface area contributed by atoms with Gasteiger partial charge in [-0.2, -0.15) is 0 Å². The van der Waals surface area contributed by atoms with Crippen LogP contribution in [-0.4, -0.2) is 16.8 Å². The monoisotopic (exact) mass is 427 g/mol. The molecule has 0 bridgehead atoms. The number of aryl methyl sites for hydroxylation is 1. The van der Waals surface area contributed by atoms with E-state index < -0.39 is 23.5 Å². The zero-order chi connectivity index (χ0) is 22.4. The van der Waals surface area contributed by atoms with Gasteiger partial charge in [-0.15, -0.1) is 0 Å². The molecule has 1 aliphatic heterocycles. The highest BCUT2D eigenvalue weighted by Gasteiger charge is 2.48. The summed E-state index contributed by atoms with van der Waals surface area (Å²) in [5.74, 6) is -1.49. The third-order valence-electron chi connectivity index (χ3n) is 5.62. The van der Waals surface area contributed by atoms with Crippen molar-refractivity contribution in [3.8, 4) is 0 Å². The number of halogens is 1. The number of nitrogens with zero attached hydrogens (tertiary/aromatic N) is 1. The number of hydrogen-bond donors (Lipinski definition) is 1. The minimum Gasteiger partial charge on any atom is -0.507 e. The maximum atomic E-state index is 13.5. The van der Waals surface area contributed by atoms with Crippen molar-refractivity contribution in [3.63, 3.8) is 0 Å². The van der Waals surface area contributed by atoms with Gasteiger partial charge in [-0.3, -0.25) is 14.5 Å². The number of carbonyl (C=O) groups is 2. The molecule has 1 amide bonds. The highest BCUT2D eigenvalue weighted by Crippen LogP contribution is 2.43. The van der Waals surface area contributed by atoms with E-state index in [0.29, 0.717) is 22.8 Å². The van der Waals surface area contributed by atoms with E-state index in [1.807, 2.05) is 30.3 Å². The van der Waals surface area contributed by atoms with Crippen molar-refractivity contribution in [3.05, 3.63) is 107 Å². The molecule has 5 rings (SSSR count). The summed E-state index contributed by atoms with van der Waals surface area (Å²) >= 11 is 0. The number of Topliss-reactive ketones (excluding diaryl/α,β-unsaturated/α-hetero) is 1. The molecule has 32 heavy (non-hydrogen) atoms. The molecular formula is C26H18FNO4. The van der Waals surface area contributed by atoms with Crippen molar-refractivity contribution in [2.75, 3.05) is 4.90 Å². The van der Waals surface area contributed by atoms with Crippen LogP contribution in [0, 0.1) is 12.7 Å². The lowest BCUT2D eigenvalue weighted by Crippen LogP contribution is -2.29. The quantitative estimate of drug-likeness (QED) is 0.266. The topological polar surface area (TPSA) is 70.8 Å². The van der Waals surface area contributed by atoms with E-state index in [1.54, 1.807) is 31.2 Å². The zero-order valence-corrected chi connectivity index (χ0v) is 17.1. The molecule has 0 spiro atoms. The number of carbonyl (C=O) groups excluding carboxylic acids is 2. The number of rotatable bonds is 3. The molecule has 0 radical (unpaired) electrons. The lowest BCUT2D eigenvalue weighted by atomic mass is 9.96. The number of aliphatic hydroxyl groups is 1. The average molecular weight is 427 g/mol. The Kier molecular flexibility index (Phi) is 4.63. The molecule has 6 heteroatoms. The van der Waals surface area contributed by atoms with Crippen LogP contribution >= 0.6 is 0 Å². The van der Waals surface area contributed by atoms with Crippen molar-refractivity contribution in [2.45, 2.75) is 13.0 Å². The van der Waals surface area contributed by atoms with Crippen LogP contribution in [0.1, 0.15) is 23.1 Å². The first kappa shape index (κ1) is 19.8. The Bertz CT molecular complexity index is 1400. The molecule has 158 valence electrons. The van der Waals surface area contributed by atoms with Gasteiger partial charge >= 0.3 is 0 Å². The lowest BCUT2D eigenvalue weighted by Gasteiger charge is -2.23. The number of ketones is 1. The van der Waals surface area contributed by atoms with Gasteiger partial charge < -0.3 is 9.52 Å². The zero-order valence-electron chi connectivity index (χ0n) is 17.1. The molecule has 1 atom stereocenters. The fourth-order valence-electron chi connectivity index (χ4n) is 4.15. The fraction of sp³-hybridized carbons (Fsp3) is 0.0769. The Morgan fingerprint density at radius 2 is 1.66 bits per heavy atom. The van der Waals surface area contributed by atoms with Crippen molar-refractivity contribution in [1.29, 1.82) is 0 Å². The summed E-state index contributed by atoms with van der Waals surface area (Å²) in [6.07, 6.45) is 0. The van der Waals surface area contributed by atoms with Crippen LogP contribution in [0.25, 0.3) is 16.5 Å². The summed E-state index contributed by atoms with van der Waals surface area (Å²) in [6, 6.07) is 20.5. The summed E-state index contributed by atoms with van der Waals surface area (Å²) < 4.78 is 19.3. The third-order valence-corrected chi connectivity index (χ3v) is 5.62. The lowest BCUT2D eigenvalue weighted by molar-refractivity contribution is -0.132.